The molecule has 2 aromatic rings. The van der Waals surface area contributed by atoms with Gasteiger partial charge in [-0.2, -0.15) is 0 Å². The van der Waals surface area contributed by atoms with E-state index >= 15 is 0 Å². The molecule has 1 saturated heterocycles. The van der Waals surface area contributed by atoms with Gasteiger partial charge in [-0.1, -0.05) is 0 Å². The molecule has 1 aromatic carbocycles. The highest BCUT2D eigenvalue weighted by Crippen LogP contribution is 2.23. The molecule has 0 unspecified atom stereocenters. The van der Waals surface area contributed by atoms with Gasteiger partial charge in [-0.3, -0.25) is 0 Å². The van der Waals surface area contributed by atoms with E-state index in [1.165, 1.54) is 24.4 Å². The lowest BCUT2D eigenvalue weighted by Gasteiger charge is -2.32. The number of amides is 2. The highest BCUT2D eigenvalue weighted by atomic mass is 19.3. The Morgan fingerprint density at radius 1 is 1.21 bits per heavy atom. The molecule has 1 aliphatic rings. The number of carbonyl (C=O) groups is 1. The number of aromatic nitrogens is 1. The van der Waals surface area contributed by atoms with Gasteiger partial charge in [-0.25, -0.2) is 22.9 Å². The first-order chi connectivity index (χ1) is 13.5. The van der Waals surface area contributed by atoms with Crippen LogP contribution in [-0.2, 0) is 0 Å². The number of rotatable bonds is 6. The van der Waals surface area contributed by atoms with Gasteiger partial charge in [-0.15, -0.1) is 0 Å². The van der Waals surface area contributed by atoms with Gasteiger partial charge in [0.15, 0.2) is 6.61 Å². The van der Waals surface area contributed by atoms with Crippen LogP contribution in [0, 0.1) is 5.82 Å². The number of urea groups is 1. The van der Waals surface area contributed by atoms with Crippen molar-refractivity contribution in [2.75, 3.05) is 25.0 Å². The van der Waals surface area contributed by atoms with E-state index in [4.69, 9.17) is 9.47 Å². The topological polar surface area (TPSA) is 63.7 Å². The number of nitrogens with zero attached hydrogens (tertiary/aromatic N) is 2. The van der Waals surface area contributed by atoms with Crippen molar-refractivity contribution in [1.82, 2.24) is 9.88 Å². The first-order valence-electron chi connectivity index (χ1n) is 8.85. The second kappa shape index (κ2) is 9.29. The number of carbonyl (C=O) groups excluding carboxylic acids is 1. The maximum absolute atomic E-state index is 12.9. The van der Waals surface area contributed by atoms with Crippen molar-refractivity contribution in [3.8, 4) is 11.6 Å². The van der Waals surface area contributed by atoms with Crippen molar-refractivity contribution in [3.05, 3.63) is 48.4 Å². The fourth-order valence-corrected chi connectivity index (χ4v) is 2.82. The fraction of sp³-hybridized carbons (Fsp3) is 0.368. The SMILES string of the molecule is O=C(Nc1cccnc1OCC(F)F)N1CCC(Oc2ccc(F)cc2)CC1. The van der Waals surface area contributed by atoms with Gasteiger partial charge < -0.3 is 19.7 Å². The Morgan fingerprint density at radius 2 is 1.93 bits per heavy atom. The van der Waals surface area contributed by atoms with Crippen molar-refractivity contribution in [1.29, 1.82) is 0 Å². The van der Waals surface area contributed by atoms with Crippen molar-refractivity contribution in [2.24, 2.45) is 0 Å². The van der Waals surface area contributed by atoms with Crippen molar-refractivity contribution in [2.45, 2.75) is 25.4 Å². The molecule has 2 heterocycles. The molecule has 3 rings (SSSR count). The summed E-state index contributed by atoms with van der Waals surface area (Å²) >= 11 is 0. The Hall–Kier alpha value is -2.97. The number of hydrogen-bond donors (Lipinski definition) is 1. The molecule has 9 heteroatoms. The molecule has 0 radical (unpaired) electrons. The smallest absolute Gasteiger partial charge is 0.321 e. The quantitative estimate of drug-likeness (QED) is 0.805. The monoisotopic (exact) mass is 395 g/mol. The van der Waals surface area contributed by atoms with Crippen LogP contribution in [0.3, 0.4) is 0 Å². The highest BCUT2D eigenvalue weighted by Gasteiger charge is 2.24. The Balaban J connectivity index is 1.51. The molecular formula is C19H20F3N3O3. The second-order valence-corrected chi connectivity index (χ2v) is 6.25. The summed E-state index contributed by atoms with van der Waals surface area (Å²) in [5, 5.41) is 2.65. The molecule has 2 amide bonds. The maximum atomic E-state index is 12.9. The maximum Gasteiger partial charge on any atom is 0.321 e. The molecule has 0 saturated carbocycles. The average Bonchev–Trinajstić information content (AvgIpc) is 2.69. The van der Waals surface area contributed by atoms with E-state index < -0.39 is 13.0 Å². The van der Waals surface area contributed by atoms with Crippen LogP contribution in [0.1, 0.15) is 12.8 Å². The summed E-state index contributed by atoms with van der Waals surface area (Å²) in [4.78, 5) is 17.9. The van der Waals surface area contributed by atoms with Crippen LogP contribution in [0.15, 0.2) is 42.6 Å². The molecule has 1 aliphatic heterocycles. The molecule has 1 fully saturated rings. The van der Waals surface area contributed by atoms with Gasteiger partial charge in [-0.05, 0) is 36.4 Å². The largest absolute Gasteiger partial charge is 0.490 e. The number of hydrogen-bond acceptors (Lipinski definition) is 4. The van der Waals surface area contributed by atoms with Crippen LogP contribution in [0.4, 0.5) is 23.7 Å². The predicted octanol–water partition coefficient (Wildman–Crippen LogP) is 3.94. The zero-order valence-corrected chi connectivity index (χ0v) is 15.0. The number of benzene rings is 1. The molecule has 0 aliphatic carbocycles. The first kappa shape index (κ1) is 19.8. The van der Waals surface area contributed by atoms with Gasteiger partial charge in [0.2, 0.25) is 5.88 Å². The van der Waals surface area contributed by atoms with E-state index in [-0.39, 0.29) is 29.5 Å². The molecule has 6 nitrogen and oxygen atoms in total. The first-order valence-corrected chi connectivity index (χ1v) is 8.85. The van der Waals surface area contributed by atoms with Crippen LogP contribution in [0.5, 0.6) is 11.6 Å². The van der Waals surface area contributed by atoms with E-state index in [1.54, 1.807) is 23.1 Å². The summed E-state index contributed by atoms with van der Waals surface area (Å²) in [7, 11) is 0. The number of likely N-dealkylation sites (tertiary alicyclic amines) is 1. The lowest BCUT2D eigenvalue weighted by atomic mass is 10.1. The molecule has 0 spiro atoms. The van der Waals surface area contributed by atoms with Crippen molar-refractivity contribution in [3.63, 3.8) is 0 Å². The van der Waals surface area contributed by atoms with Gasteiger partial charge in [0.1, 0.15) is 23.4 Å². The van der Waals surface area contributed by atoms with Crippen LogP contribution in [0.2, 0.25) is 0 Å². The summed E-state index contributed by atoms with van der Waals surface area (Å²) in [5.74, 6) is 0.206. The number of nitrogens with one attached hydrogen (secondary N) is 1. The van der Waals surface area contributed by atoms with Gasteiger partial charge in [0.25, 0.3) is 6.43 Å². The van der Waals surface area contributed by atoms with Gasteiger partial charge >= 0.3 is 6.03 Å². The van der Waals surface area contributed by atoms with Crippen molar-refractivity contribution < 1.29 is 27.4 Å². The van der Waals surface area contributed by atoms with E-state index in [0.717, 1.165) is 0 Å². The number of halogens is 3. The number of piperidine rings is 1. The van der Waals surface area contributed by atoms with Crippen LogP contribution in [0.25, 0.3) is 0 Å². The van der Waals surface area contributed by atoms with E-state index in [0.29, 0.717) is 31.7 Å². The standard InChI is InChI=1S/C19H20F3N3O3/c20-13-3-5-14(6-4-13)28-15-7-10-25(11-8-15)19(26)24-16-2-1-9-23-18(16)27-12-17(21)22/h1-6,9,15,17H,7-8,10-12H2,(H,24,26). The molecule has 150 valence electrons. The number of alkyl halides is 2. The normalized spacial score (nSPS) is 14.8. The Labute approximate surface area is 160 Å². The summed E-state index contributed by atoms with van der Waals surface area (Å²) in [6.07, 6.45) is -0.0722. The Morgan fingerprint density at radius 3 is 2.61 bits per heavy atom. The minimum atomic E-state index is -2.63. The number of anilines is 1. The van der Waals surface area contributed by atoms with Crippen LogP contribution in [-0.4, -0.2) is 48.1 Å². The second-order valence-electron chi connectivity index (χ2n) is 6.25. The third-order valence-corrected chi connectivity index (χ3v) is 4.20. The van der Waals surface area contributed by atoms with Crippen molar-refractivity contribution >= 4 is 11.7 Å². The zero-order chi connectivity index (χ0) is 19.9. The number of ether oxygens (including phenoxy) is 2. The summed E-state index contributed by atoms with van der Waals surface area (Å²) in [5.41, 5.74) is 0.234. The highest BCUT2D eigenvalue weighted by molar-refractivity contribution is 5.90. The minimum absolute atomic E-state index is 0.0503. The molecule has 1 aromatic heterocycles. The summed E-state index contributed by atoms with van der Waals surface area (Å²) in [6, 6.07) is 8.55. The molecule has 28 heavy (non-hydrogen) atoms. The van der Waals surface area contributed by atoms with E-state index in [1.807, 2.05) is 0 Å². The summed E-state index contributed by atoms with van der Waals surface area (Å²) < 4.78 is 48.4. The third-order valence-electron chi connectivity index (χ3n) is 4.20. The predicted molar refractivity (Wildman–Crippen MR) is 96.4 cm³/mol. The molecule has 1 N–H and O–H groups in total. The lowest BCUT2D eigenvalue weighted by molar-refractivity contribution is 0.0800. The molecule has 0 atom stereocenters. The van der Waals surface area contributed by atoms with E-state index in [9.17, 15) is 18.0 Å². The van der Waals surface area contributed by atoms with Gasteiger partial charge in [0.05, 0.1) is 0 Å². The minimum Gasteiger partial charge on any atom is -0.490 e. The van der Waals surface area contributed by atoms with E-state index in [2.05, 4.69) is 10.3 Å². The van der Waals surface area contributed by atoms with Gasteiger partial charge in [0, 0.05) is 32.1 Å². The Bertz CT molecular complexity index is 781. The van der Waals surface area contributed by atoms with Crippen LogP contribution >= 0.6 is 0 Å². The lowest BCUT2D eigenvalue weighted by Crippen LogP contribution is -2.43. The molecular weight excluding hydrogens is 375 g/mol. The number of pyridine rings is 1. The third kappa shape index (κ3) is 5.51. The molecule has 0 bridgehead atoms. The fourth-order valence-electron chi connectivity index (χ4n) is 2.82. The average molecular weight is 395 g/mol. The Kier molecular flexibility index (Phi) is 6.57. The zero-order valence-electron chi connectivity index (χ0n) is 15.0. The summed E-state index contributed by atoms with van der Waals surface area (Å²) in [6.45, 7) is 0.127. The van der Waals surface area contributed by atoms with Crippen LogP contribution < -0.4 is 14.8 Å².